The van der Waals surface area contributed by atoms with Crippen molar-refractivity contribution in [3.8, 4) is 0 Å². The van der Waals surface area contributed by atoms with Gasteiger partial charge in [-0.25, -0.2) is 0 Å². The summed E-state index contributed by atoms with van der Waals surface area (Å²) >= 11 is 5.99. The number of carbonyl (C=O) groups is 1. The Kier molecular flexibility index (Phi) is 4.85. The average Bonchev–Trinajstić information content (AvgIpc) is 3.31. The molecule has 8 heteroatoms. The topological polar surface area (TPSA) is 72.3 Å². The van der Waals surface area contributed by atoms with Gasteiger partial charge in [0.15, 0.2) is 6.61 Å². The Morgan fingerprint density at radius 3 is 2.81 bits per heavy atom. The predicted octanol–water partition coefficient (Wildman–Crippen LogP) is 3.06. The van der Waals surface area contributed by atoms with E-state index in [-0.39, 0.29) is 12.5 Å². The van der Waals surface area contributed by atoms with Crippen LogP contribution in [-0.2, 0) is 4.79 Å². The van der Waals surface area contributed by atoms with Gasteiger partial charge in [-0.1, -0.05) is 16.4 Å². The molecule has 4 rings (SSSR count). The van der Waals surface area contributed by atoms with Gasteiger partial charge in [-0.2, -0.15) is 0 Å². The number of hydrogen-bond donors (Lipinski definition) is 1. The highest BCUT2D eigenvalue weighted by Gasteiger charge is 2.14. The van der Waals surface area contributed by atoms with Gasteiger partial charge in [0.1, 0.15) is 11.0 Å². The van der Waals surface area contributed by atoms with E-state index >= 15 is 0 Å². The van der Waals surface area contributed by atoms with E-state index in [0.717, 1.165) is 24.3 Å². The van der Waals surface area contributed by atoms with Gasteiger partial charge in [0, 0.05) is 29.5 Å². The molecule has 0 aliphatic carbocycles. The second-order valence-corrected chi connectivity index (χ2v) is 7.05. The van der Waals surface area contributed by atoms with Gasteiger partial charge in [-0.15, -0.1) is 5.10 Å². The quantitative estimate of drug-likeness (QED) is 0.730. The predicted molar refractivity (Wildman–Crippen MR) is 105 cm³/mol. The molecule has 1 aliphatic rings. The van der Waals surface area contributed by atoms with Gasteiger partial charge in [0.2, 0.25) is 0 Å². The van der Waals surface area contributed by atoms with Crippen LogP contribution in [0.5, 0.6) is 0 Å². The van der Waals surface area contributed by atoms with Crippen molar-refractivity contribution in [1.29, 1.82) is 0 Å². The number of hydrogen-bond acceptors (Lipinski definition) is 5. The molecule has 1 aromatic heterocycles. The van der Waals surface area contributed by atoms with Crippen molar-refractivity contribution in [1.82, 2.24) is 15.2 Å². The molecule has 140 valence electrons. The fraction of sp³-hybridized carbons (Fsp3) is 0.316. The van der Waals surface area contributed by atoms with E-state index in [1.807, 2.05) is 19.1 Å². The monoisotopic (exact) mass is 385 g/mol. The summed E-state index contributed by atoms with van der Waals surface area (Å²) in [6, 6.07) is 11.2. The van der Waals surface area contributed by atoms with E-state index in [4.69, 9.17) is 16.4 Å². The molecule has 7 nitrogen and oxygen atoms in total. The largest absolute Gasteiger partial charge is 0.385 e. The number of halogens is 1. The maximum Gasteiger partial charge on any atom is 0.265 e. The minimum Gasteiger partial charge on any atom is -0.385 e. The highest BCUT2D eigenvalue weighted by atomic mass is 35.5. The fourth-order valence-corrected chi connectivity index (χ4v) is 3.40. The number of anilines is 2. The molecule has 0 radical (unpaired) electrons. The number of benzene rings is 2. The highest BCUT2D eigenvalue weighted by molar-refractivity contribution is 6.31. The van der Waals surface area contributed by atoms with Gasteiger partial charge in [0.05, 0.1) is 0 Å². The Labute approximate surface area is 161 Å². The van der Waals surface area contributed by atoms with Crippen molar-refractivity contribution in [2.45, 2.75) is 19.8 Å². The van der Waals surface area contributed by atoms with Crippen molar-refractivity contribution in [2.24, 2.45) is 0 Å². The number of carbonyl (C=O) groups excluding carboxylic acids is 1. The first-order chi connectivity index (χ1) is 13.1. The minimum absolute atomic E-state index is 0.182. The summed E-state index contributed by atoms with van der Waals surface area (Å²) in [7, 11) is 0. The van der Waals surface area contributed by atoms with E-state index < -0.39 is 0 Å². The summed E-state index contributed by atoms with van der Waals surface area (Å²) in [5, 5.41) is 11.3. The summed E-state index contributed by atoms with van der Waals surface area (Å²) in [5.74, 6) is -0.266. The summed E-state index contributed by atoms with van der Waals surface area (Å²) in [4.78, 5) is 21.3. The lowest BCUT2D eigenvalue weighted by Crippen LogP contribution is -2.26. The lowest BCUT2D eigenvalue weighted by molar-refractivity contribution is -0.121. The van der Waals surface area contributed by atoms with Crippen LogP contribution in [0.15, 0.2) is 36.4 Å². The molecular weight excluding hydrogens is 366 g/mol. The molecule has 2 aromatic carbocycles. The first kappa shape index (κ1) is 17.6. The zero-order chi connectivity index (χ0) is 18.8. The molecule has 0 bridgehead atoms. The number of amides is 1. The number of aromatic nitrogens is 3. The van der Waals surface area contributed by atoms with Gasteiger partial charge in [-0.05, 0) is 66.9 Å². The maximum atomic E-state index is 12.3. The third-order valence-corrected chi connectivity index (χ3v) is 4.89. The Bertz CT molecular complexity index is 981. The van der Waals surface area contributed by atoms with Crippen molar-refractivity contribution in [2.75, 3.05) is 29.9 Å². The number of nitrogens with one attached hydrogen (secondary N) is 1. The van der Waals surface area contributed by atoms with Crippen molar-refractivity contribution in [3.63, 3.8) is 0 Å². The van der Waals surface area contributed by atoms with Crippen LogP contribution in [0.25, 0.3) is 11.0 Å². The summed E-state index contributed by atoms with van der Waals surface area (Å²) in [5.41, 5.74) is 4.25. The Balaban J connectivity index is 1.39. The molecule has 1 N–H and O–H groups in total. The zero-order valence-electron chi connectivity index (χ0n) is 15.0. The van der Waals surface area contributed by atoms with E-state index in [9.17, 15) is 4.79 Å². The van der Waals surface area contributed by atoms with Crippen molar-refractivity contribution < 1.29 is 9.63 Å². The summed E-state index contributed by atoms with van der Waals surface area (Å²) in [6.45, 7) is 3.99. The van der Waals surface area contributed by atoms with Crippen LogP contribution in [0.3, 0.4) is 0 Å². The maximum absolute atomic E-state index is 12.3. The Morgan fingerprint density at radius 2 is 2.04 bits per heavy atom. The van der Waals surface area contributed by atoms with Crippen LogP contribution in [0.1, 0.15) is 18.4 Å². The lowest BCUT2D eigenvalue weighted by atomic mass is 10.1. The van der Waals surface area contributed by atoms with E-state index in [2.05, 4.69) is 26.6 Å². The Morgan fingerprint density at radius 1 is 1.22 bits per heavy atom. The van der Waals surface area contributed by atoms with E-state index in [1.54, 1.807) is 18.2 Å². The number of aryl methyl sites for hydroxylation is 1. The molecule has 0 spiro atoms. The zero-order valence-corrected chi connectivity index (χ0v) is 15.7. The first-order valence-electron chi connectivity index (χ1n) is 8.90. The first-order valence-corrected chi connectivity index (χ1v) is 9.28. The molecule has 0 unspecified atom stereocenters. The van der Waals surface area contributed by atoms with Crippen molar-refractivity contribution >= 4 is 39.9 Å². The summed E-state index contributed by atoms with van der Waals surface area (Å²) < 4.78 is 0. The Hall–Kier alpha value is -2.80. The molecule has 0 atom stereocenters. The molecule has 1 saturated heterocycles. The van der Waals surface area contributed by atoms with Crippen LogP contribution in [-0.4, -0.2) is 40.8 Å². The average molecular weight is 386 g/mol. The number of fused-ring (bicyclic) bond motifs is 1. The third kappa shape index (κ3) is 3.83. The van der Waals surface area contributed by atoms with Gasteiger partial charge in [0.25, 0.3) is 5.91 Å². The molecular formula is C19H20ClN5O2. The molecule has 1 fully saturated rings. The SMILES string of the molecule is Cc1cc(N2CCCC2)ccc1NC(=O)COn1nnc2ccc(Cl)cc21. The normalized spacial score (nSPS) is 13.9. The second-order valence-electron chi connectivity index (χ2n) is 6.61. The molecule has 1 amide bonds. The number of nitrogens with zero attached hydrogens (tertiary/aromatic N) is 4. The van der Waals surface area contributed by atoms with Crippen LogP contribution < -0.4 is 15.1 Å². The second kappa shape index (κ2) is 7.44. The smallest absolute Gasteiger partial charge is 0.265 e. The van der Waals surface area contributed by atoms with E-state index in [0.29, 0.717) is 16.1 Å². The minimum atomic E-state index is -0.266. The molecule has 0 saturated carbocycles. The standard InChI is InChI=1S/C19H20ClN5O2/c1-13-10-15(24-8-2-3-9-24)5-7-16(13)21-19(26)12-27-25-18-11-14(20)4-6-17(18)22-23-25/h4-7,10-11H,2-3,8-9,12H2,1H3,(H,21,26). The van der Waals surface area contributed by atoms with Gasteiger partial charge < -0.3 is 15.1 Å². The lowest BCUT2D eigenvalue weighted by Gasteiger charge is -2.19. The molecule has 3 aromatic rings. The van der Waals surface area contributed by atoms with E-state index in [1.165, 1.54) is 23.4 Å². The number of rotatable bonds is 5. The summed E-state index contributed by atoms with van der Waals surface area (Å²) in [6.07, 6.45) is 2.47. The van der Waals surface area contributed by atoms with Gasteiger partial charge in [-0.3, -0.25) is 4.79 Å². The van der Waals surface area contributed by atoms with Gasteiger partial charge >= 0.3 is 0 Å². The third-order valence-electron chi connectivity index (χ3n) is 4.65. The van der Waals surface area contributed by atoms with Crippen LogP contribution in [0.4, 0.5) is 11.4 Å². The molecule has 27 heavy (non-hydrogen) atoms. The highest BCUT2D eigenvalue weighted by Crippen LogP contribution is 2.25. The fourth-order valence-electron chi connectivity index (χ4n) is 3.23. The van der Waals surface area contributed by atoms with Crippen LogP contribution in [0.2, 0.25) is 5.02 Å². The van der Waals surface area contributed by atoms with Crippen molar-refractivity contribution in [3.05, 3.63) is 47.0 Å². The molecule has 1 aliphatic heterocycles. The molecule has 2 heterocycles. The van der Waals surface area contributed by atoms with Crippen LogP contribution >= 0.6 is 11.6 Å². The van der Waals surface area contributed by atoms with Crippen LogP contribution in [0, 0.1) is 6.92 Å².